The van der Waals surface area contributed by atoms with Crippen LogP contribution in [0.15, 0.2) is 66.7 Å². The summed E-state index contributed by atoms with van der Waals surface area (Å²) in [5.41, 5.74) is 5.39. The summed E-state index contributed by atoms with van der Waals surface area (Å²) in [5, 5.41) is 7.31. The van der Waals surface area contributed by atoms with E-state index in [9.17, 15) is 9.18 Å². The van der Waals surface area contributed by atoms with Gasteiger partial charge in [0.05, 0.1) is 5.69 Å². The number of anilines is 1. The van der Waals surface area contributed by atoms with E-state index in [4.69, 9.17) is 0 Å². The molecule has 3 aromatic carbocycles. The lowest BCUT2D eigenvalue weighted by atomic mass is 10.1. The average Bonchev–Trinajstić information content (AvgIpc) is 3.17. The molecule has 0 saturated heterocycles. The van der Waals surface area contributed by atoms with Gasteiger partial charge in [0.25, 0.3) is 5.91 Å². The number of halogens is 1. The number of nitrogens with zero attached hydrogens (tertiary/aromatic N) is 3. The summed E-state index contributed by atoms with van der Waals surface area (Å²) in [6.07, 6.45) is 0. The normalized spacial score (nSPS) is 10.8. The Kier molecular flexibility index (Phi) is 5.14. The maximum Gasteiger partial charge on any atom is 0.295 e. The molecule has 4 rings (SSSR count). The summed E-state index contributed by atoms with van der Waals surface area (Å²) in [6.45, 7) is 5.98. The molecule has 4 aromatic rings. The van der Waals surface area contributed by atoms with Gasteiger partial charge in [0.1, 0.15) is 5.82 Å². The molecule has 0 bridgehead atoms. The zero-order chi connectivity index (χ0) is 21.3. The molecular formula is C24H21FN4O. The third-order valence-corrected chi connectivity index (χ3v) is 4.92. The largest absolute Gasteiger partial charge is 0.319 e. The van der Waals surface area contributed by atoms with E-state index in [1.807, 2.05) is 63.2 Å². The van der Waals surface area contributed by atoms with Crippen LogP contribution >= 0.6 is 0 Å². The highest BCUT2D eigenvalue weighted by atomic mass is 19.1. The molecule has 0 saturated carbocycles. The van der Waals surface area contributed by atoms with E-state index in [2.05, 4.69) is 15.4 Å². The first-order valence-corrected chi connectivity index (χ1v) is 9.59. The molecule has 0 fully saturated rings. The summed E-state index contributed by atoms with van der Waals surface area (Å²) in [6, 6.07) is 19.4. The first-order valence-electron chi connectivity index (χ1n) is 9.59. The SMILES string of the molecule is Cc1cccc(-n2nc(C(=O)Nc3ccc(C)c(C)c3)nc2-c2ccc(F)cc2)c1. The number of nitrogens with one attached hydrogen (secondary N) is 1. The minimum Gasteiger partial charge on any atom is -0.319 e. The number of aryl methyl sites for hydroxylation is 3. The molecule has 150 valence electrons. The van der Waals surface area contributed by atoms with Crippen molar-refractivity contribution in [3.63, 3.8) is 0 Å². The van der Waals surface area contributed by atoms with E-state index < -0.39 is 5.91 Å². The average molecular weight is 400 g/mol. The Morgan fingerprint density at radius 1 is 0.933 bits per heavy atom. The zero-order valence-corrected chi connectivity index (χ0v) is 17.0. The van der Waals surface area contributed by atoms with Crippen LogP contribution in [0.2, 0.25) is 0 Å². The lowest BCUT2D eigenvalue weighted by Gasteiger charge is -2.07. The molecule has 6 heteroatoms. The van der Waals surface area contributed by atoms with Gasteiger partial charge in [-0.1, -0.05) is 18.2 Å². The third-order valence-electron chi connectivity index (χ3n) is 4.92. The molecule has 30 heavy (non-hydrogen) atoms. The molecule has 1 N–H and O–H groups in total. The summed E-state index contributed by atoms with van der Waals surface area (Å²) < 4.78 is 15.0. The maximum atomic E-state index is 13.4. The smallest absolute Gasteiger partial charge is 0.295 e. The molecule has 0 spiro atoms. The van der Waals surface area contributed by atoms with Crippen molar-refractivity contribution in [3.05, 3.63) is 95.1 Å². The second-order valence-corrected chi connectivity index (χ2v) is 7.27. The fourth-order valence-corrected chi connectivity index (χ4v) is 3.14. The van der Waals surface area contributed by atoms with Crippen LogP contribution in [-0.2, 0) is 0 Å². The molecule has 5 nitrogen and oxygen atoms in total. The molecule has 0 radical (unpaired) electrons. The Morgan fingerprint density at radius 2 is 1.70 bits per heavy atom. The number of benzene rings is 3. The highest BCUT2D eigenvalue weighted by molar-refractivity contribution is 6.01. The van der Waals surface area contributed by atoms with Gasteiger partial charge in [-0.2, -0.15) is 0 Å². The van der Waals surface area contributed by atoms with Gasteiger partial charge in [0, 0.05) is 11.3 Å². The van der Waals surface area contributed by atoms with Crippen LogP contribution in [0.25, 0.3) is 17.1 Å². The lowest BCUT2D eigenvalue weighted by molar-refractivity contribution is 0.101. The van der Waals surface area contributed by atoms with Crippen LogP contribution in [-0.4, -0.2) is 20.7 Å². The van der Waals surface area contributed by atoms with Crippen molar-refractivity contribution >= 4 is 11.6 Å². The molecule has 0 aliphatic carbocycles. The van der Waals surface area contributed by atoms with Gasteiger partial charge in [0.2, 0.25) is 5.82 Å². The van der Waals surface area contributed by atoms with Crippen LogP contribution in [0, 0.1) is 26.6 Å². The molecular weight excluding hydrogens is 379 g/mol. The first kappa shape index (κ1) is 19.5. The van der Waals surface area contributed by atoms with Crippen molar-refractivity contribution < 1.29 is 9.18 Å². The fourth-order valence-electron chi connectivity index (χ4n) is 3.14. The van der Waals surface area contributed by atoms with Crippen LogP contribution < -0.4 is 5.32 Å². The van der Waals surface area contributed by atoms with Gasteiger partial charge < -0.3 is 5.32 Å². The van der Waals surface area contributed by atoms with Crippen LogP contribution in [0.1, 0.15) is 27.3 Å². The monoisotopic (exact) mass is 400 g/mol. The molecule has 0 aliphatic heterocycles. The maximum absolute atomic E-state index is 13.4. The topological polar surface area (TPSA) is 59.8 Å². The lowest BCUT2D eigenvalue weighted by Crippen LogP contribution is -2.14. The third kappa shape index (κ3) is 3.98. The molecule has 1 heterocycles. The Bertz CT molecular complexity index is 1230. The second-order valence-electron chi connectivity index (χ2n) is 7.27. The van der Waals surface area contributed by atoms with Crippen molar-refractivity contribution in [2.75, 3.05) is 5.32 Å². The predicted octanol–water partition coefficient (Wildman–Crippen LogP) is 5.25. The van der Waals surface area contributed by atoms with Crippen molar-refractivity contribution in [1.29, 1.82) is 0 Å². The molecule has 1 aromatic heterocycles. The first-order chi connectivity index (χ1) is 14.4. The van der Waals surface area contributed by atoms with Crippen molar-refractivity contribution in [2.24, 2.45) is 0 Å². The summed E-state index contributed by atoms with van der Waals surface area (Å²) in [4.78, 5) is 17.3. The standard InChI is InChI=1S/C24H21FN4O/c1-15-5-4-6-21(13-15)29-23(18-8-10-19(25)11-9-18)27-22(28-29)24(30)26-20-12-7-16(2)17(3)14-20/h4-14H,1-3H3,(H,26,30). The van der Waals surface area contributed by atoms with Crippen molar-refractivity contribution in [1.82, 2.24) is 14.8 Å². The van der Waals surface area contributed by atoms with Crippen molar-refractivity contribution in [3.8, 4) is 17.1 Å². The van der Waals surface area contributed by atoms with E-state index in [1.54, 1.807) is 16.8 Å². The fraction of sp³-hybridized carbons (Fsp3) is 0.125. The molecule has 0 unspecified atom stereocenters. The van der Waals surface area contributed by atoms with Gasteiger partial charge in [-0.05, 0) is 86.0 Å². The summed E-state index contributed by atoms with van der Waals surface area (Å²) in [5.74, 6) is -0.249. The number of carbonyl (C=O) groups excluding carboxylic acids is 1. The van der Waals surface area contributed by atoms with Gasteiger partial charge in [-0.15, -0.1) is 5.10 Å². The van der Waals surface area contributed by atoms with Crippen LogP contribution in [0.4, 0.5) is 10.1 Å². The van der Waals surface area contributed by atoms with Crippen molar-refractivity contribution in [2.45, 2.75) is 20.8 Å². The van der Waals surface area contributed by atoms with Gasteiger partial charge >= 0.3 is 0 Å². The van der Waals surface area contributed by atoms with Crippen LogP contribution in [0.5, 0.6) is 0 Å². The van der Waals surface area contributed by atoms with Gasteiger partial charge in [-0.25, -0.2) is 14.1 Å². The highest BCUT2D eigenvalue weighted by Gasteiger charge is 2.19. The zero-order valence-electron chi connectivity index (χ0n) is 17.0. The summed E-state index contributed by atoms with van der Waals surface area (Å²) in [7, 11) is 0. The number of hydrogen-bond acceptors (Lipinski definition) is 3. The van der Waals surface area contributed by atoms with E-state index >= 15 is 0 Å². The second kappa shape index (κ2) is 7.91. The Hall–Kier alpha value is -3.80. The molecule has 0 aliphatic rings. The van der Waals surface area contributed by atoms with E-state index in [0.29, 0.717) is 17.1 Å². The van der Waals surface area contributed by atoms with Crippen LogP contribution in [0.3, 0.4) is 0 Å². The Labute approximate surface area is 174 Å². The predicted molar refractivity (Wildman–Crippen MR) is 115 cm³/mol. The Balaban J connectivity index is 1.75. The summed E-state index contributed by atoms with van der Waals surface area (Å²) >= 11 is 0. The number of rotatable bonds is 4. The minimum atomic E-state index is -0.409. The van der Waals surface area contributed by atoms with E-state index in [-0.39, 0.29) is 11.6 Å². The number of carbonyl (C=O) groups is 1. The van der Waals surface area contributed by atoms with E-state index in [0.717, 1.165) is 22.4 Å². The van der Waals surface area contributed by atoms with Gasteiger partial charge in [0.15, 0.2) is 5.82 Å². The molecule has 0 atom stereocenters. The quantitative estimate of drug-likeness (QED) is 0.509. The minimum absolute atomic E-state index is 0.0362. The van der Waals surface area contributed by atoms with E-state index in [1.165, 1.54) is 12.1 Å². The number of hydrogen-bond donors (Lipinski definition) is 1. The molecule has 1 amide bonds. The Morgan fingerprint density at radius 3 is 2.40 bits per heavy atom. The highest BCUT2D eigenvalue weighted by Crippen LogP contribution is 2.23. The number of amides is 1. The number of aromatic nitrogens is 3. The van der Waals surface area contributed by atoms with Gasteiger partial charge in [-0.3, -0.25) is 4.79 Å².